The summed E-state index contributed by atoms with van der Waals surface area (Å²) in [5.74, 6) is 0.716. The molecule has 1 saturated carbocycles. The second-order valence-corrected chi connectivity index (χ2v) is 7.32. The van der Waals surface area contributed by atoms with Gasteiger partial charge in [-0.1, -0.05) is 37.8 Å². The van der Waals surface area contributed by atoms with Crippen molar-refractivity contribution in [3.8, 4) is 0 Å². The summed E-state index contributed by atoms with van der Waals surface area (Å²) in [4.78, 5) is 2.46. The van der Waals surface area contributed by atoms with E-state index in [2.05, 4.69) is 25.1 Å². The third kappa shape index (κ3) is 3.59. The van der Waals surface area contributed by atoms with Gasteiger partial charge in [-0.05, 0) is 66.9 Å². The largest absolute Gasteiger partial charge is 0.290 e. The Morgan fingerprint density at radius 1 is 0.920 bits per heavy atom. The number of benzene rings is 1. The molecule has 134 valence electrons. The van der Waals surface area contributed by atoms with Gasteiger partial charge in [-0.3, -0.25) is 4.90 Å². The molecule has 1 atom stereocenters. The molecule has 6 heteroatoms. The first-order valence-electron chi connectivity index (χ1n) is 9.60. The van der Waals surface area contributed by atoms with Gasteiger partial charge in [-0.2, -0.15) is 0 Å². The van der Waals surface area contributed by atoms with E-state index in [9.17, 15) is 4.39 Å². The molecule has 1 aromatic carbocycles. The van der Waals surface area contributed by atoms with Gasteiger partial charge in [0.05, 0.1) is 12.1 Å². The molecule has 25 heavy (non-hydrogen) atoms. The number of halogens is 1. The zero-order valence-electron chi connectivity index (χ0n) is 14.6. The molecular formula is C19H26FN5. The molecular weight excluding hydrogens is 317 g/mol. The van der Waals surface area contributed by atoms with Crippen molar-refractivity contribution in [3.05, 3.63) is 41.5 Å². The Labute approximate surface area is 148 Å². The highest BCUT2D eigenvalue weighted by atomic mass is 19.1. The molecule has 0 N–H and O–H groups in total. The van der Waals surface area contributed by atoms with E-state index >= 15 is 0 Å². The molecule has 1 unspecified atom stereocenters. The van der Waals surface area contributed by atoms with Crippen LogP contribution in [0.3, 0.4) is 0 Å². The van der Waals surface area contributed by atoms with Crippen LogP contribution in [0.15, 0.2) is 24.3 Å². The minimum Gasteiger partial charge on any atom is -0.290 e. The molecule has 2 aliphatic rings. The first-order chi connectivity index (χ1) is 12.3. The number of rotatable bonds is 4. The molecule has 2 aromatic rings. The van der Waals surface area contributed by atoms with E-state index in [0.29, 0.717) is 6.04 Å². The van der Waals surface area contributed by atoms with Crippen molar-refractivity contribution in [3.63, 3.8) is 0 Å². The summed E-state index contributed by atoms with van der Waals surface area (Å²) in [7, 11) is 0. The van der Waals surface area contributed by atoms with Gasteiger partial charge in [0.15, 0.2) is 5.82 Å². The second-order valence-electron chi connectivity index (χ2n) is 7.32. The van der Waals surface area contributed by atoms with Crippen LogP contribution in [-0.2, 0) is 0 Å². The highest BCUT2D eigenvalue weighted by molar-refractivity contribution is 5.25. The van der Waals surface area contributed by atoms with E-state index in [0.717, 1.165) is 37.3 Å². The van der Waals surface area contributed by atoms with Crippen LogP contribution in [0.2, 0.25) is 0 Å². The van der Waals surface area contributed by atoms with Gasteiger partial charge < -0.3 is 0 Å². The lowest BCUT2D eigenvalue weighted by Crippen LogP contribution is -2.36. The average Bonchev–Trinajstić information content (AvgIpc) is 3.14. The summed E-state index contributed by atoms with van der Waals surface area (Å²) in [5.41, 5.74) is 1.08. The molecule has 0 radical (unpaired) electrons. The number of tetrazole rings is 1. The maximum absolute atomic E-state index is 13.4. The SMILES string of the molecule is Fc1ccc(C(c2nnnn2C2CCCCC2)N2CCCCC2)cc1. The third-order valence-corrected chi connectivity index (χ3v) is 5.62. The number of aromatic nitrogens is 4. The lowest BCUT2D eigenvalue weighted by atomic mass is 9.94. The Morgan fingerprint density at radius 3 is 2.32 bits per heavy atom. The van der Waals surface area contributed by atoms with Crippen LogP contribution in [-0.4, -0.2) is 38.2 Å². The summed E-state index contributed by atoms with van der Waals surface area (Å²) < 4.78 is 15.5. The van der Waals surface area contributed by atoms with E-state index in [-0.39, 0.29) is 11.9 Å². The molecule has 1 aromatic heterocycles. The topological polar surface area (TPSA) is 46.8 Å². The maximum Gasteiger partial charge on any atom is 0.173 e. The van der Waals surface area contributed by atoms with Crippen molar-refractivity contribution in [1.29, 1.82) is 0 Å². The molecule has 5 nitrogen and oxygen atoms in total. The first kappa shape index (κ1) is 16.6. The Balaban J connectivity index is 1.70. The number of hydrogen-bond acceptors (Lipinski definition) is 4. The van der Waals surface area contributed by atoms with Crippen LogP contribution in [0.4, 0.5) is 4.39 Å². The van der Waals surface area contributed by atoms with Gasteiger partial charge in [-0.15, -0.1) is 5.10 Å². The quantitative estimate of drug-likeness (QED) is 0.845. The summed E-state index contributed by atoms with van der Waals surface area (Å²) in [5, 5.41) is 12.8. The third-order valence-electron chi connectivity index (χ3n) is 5.62. The van der Waals surface area contributed by atoms with Crippen molar-refractivity contribution in [2.75, 3.05) is 13.1 Å². The first-order valence-corrected chi connectivity index (χ1v) is 9.60. The van der Waals surface area contributed by atoms with E-state index in [1.165, 1.54) is 38.5 Å². The van der Waals surface area contributed by atoms with Crippen LogP contribution >= 0.6 is 0 Å². The molecule has 2 heterocycles. The lowest BCUT2D eigenvalue weighted by Gasteiger charge is -2.35. The van der Waals surface area contributed by atoms with Crippen molar-refractivity contribution in [2.45, 2.75) is 63.5 Å². The van der Waals surface area contributed by atoms with Gasteiger partial charge >= 0.3 is 0 Å². The van der Waals surface area contributed by atoms with Gasteiger partial charge in [0, 0.05) is 0 Å². The highest BCUT2D eigenvalue weighted by Gasteiger charge is 2.31. The van der Waals surface area contributed by atoms with Crippen molar-refractivity contribution < 1.29 is 4.39 Å². The van der Waals surface area contributed by atoms with Gasteiger partial charge in [0.2, 0.25) is 0 Å². The minimum absolute atomic E-state index is 0.0119. The number of likely N-dealkylation sites (tertiary alicyclic amines) is 1. The molecule has 2 fully saturated rings. The van der Waals surface area contributed by atoms with Gasteiger partial charge in [0.1, 0.15) is 5.82 Å². The predicted molar refractivity (Wildman–Crippen MR) is 93.6 cm³/mol. The second kappa shape index (κ2) is 7.60. The van der Waals surface area contributed by atoms with Gasteiger partial charge in [0.25, 0.3) is 0 Å². The Morgan fingerprint density at radius 2 is 1.60 bits per heavy atom. The number of piperidine rings is 1. The van der Waals surface area contributed by atoms with E-state index in [1.807, 2.05) is 12.1 Å². The Hall–Kier alpha value is -1.82. The number of hydrogen-bond donors (Lipinski definition) is 0. The summed E-state index contributed by atoms with van der Waals surface area (Å²) in [6.07, 6.45) is 9.76. The molecule has 1 aliphatic carbocycles. The predicted octanol–water partition coefficient (Wildman–Crippen LogP) is 3.89. The molecule has 0 amide bonds. The monoisotopic (exact) mass is 343 g/mol. The molecule has 4 rings (SSSR count). The van der Waals surface area contributed by atoms with E-state index in [4.69, 9.17) is 0 Å². The Bertz CT molecular complexity index is 671. The molecule has 0 bridgehead atoms. The van der Waals surface area contributed by atoms with Crippen molar-refractivity contribution in [1.82, 2.24) is 25.1 Å². The lowest BCUT2D eigenvalue weighted by molar-refractivity contribution is 0.172. The summed E-state index contributed by atoms with van der Waals surface area (Å²) in [6, 6.07) is 7.26. The van der Waals surface area contributed by atoms with E-state index in [1.54, 1.807) is 12.1 Å². The van der Waals surface area contributed by atoms with Crippen molar-refractivity contribution >= 4 is 0 Å². The summed E-state index contributed by atoms with van der Waals surface area (Å²) in [6.45, 7) is 2.08. The van der Waals surface area contributed by atoms with Gasteiger partial charge in [-0.25, -0.2) is 9.07 Å². The highest BCUT2D eigenvalue weighted by Crippen LogP contribution is 2.34. The normalized spacial score (nSPS) is 21.3. The fourth-order valence-electron chi connectivity index (χ4n) is 4.31. The standard InChI is InChI=1S/C19H26FN5/c20-16-11-9-15(10-12-16)18(24-13-5-2-6-14-24)19-21-22-23-25(19)17-7-3-1-4-8-17/h9-12,17-18H,1-8,13-14H2. The fourth-order valence-corrected chi connectivity index (χ4v) is 4.31. The van der Waals surface area contributed by atoms with E-state index < -0.39 is 0 Å². The van der Waals surface area contributed by atoms with Crippen LogP contribution in [0.25, 0.3) is 0 Å². The molecule has 0 spiro atoms. The summed E-state index contributed by atoms with van der Waals surface area (Å²) >= 11 is 0. The Kier molecular flexibility index (Phi) is 5.06. The average molecular weight is 343 g/mol. The molecule has 1 saturated heterocycles. The zero-order chi connectivity index (χ0) is 17.1. The maximum atomic E-state index is 13.4. The van der Waals surface area contributed by atoms with Crippen LogP contribution in [0.1, 0.15) is 74.8 Å². The van der Waals surface area contributed by atoms with Crippen LogP contribution < -0.4 is 0 Å². The fraction of sp³-hybridized carbons (Fsp3) is 0.632. The van der Waals surface area contributed by atoms with Crippen LogP contribution in [0.5, 0.6) is 0 Å². The zero-order valence-corrected chi connectivity index (χ0v) is 14.6. The smallest absolute Gasteiger partial charge is 0.173 e. The van der Waals surface area contributed by atoms with Crippen molar-refractivity contribution in [2.24, 2.45) is 0 Å². The number of nitrogens with zero attached hydrogens (tertiary/aromatic N) is 5. The minimum atomic E-state index is -0.201. The van der Waals surface area contributed by atoms with Crippen LogP contribution in [0, 0.1) is 5.82 Å². The molecule has 1 aliphatic heterocycles.